The Hall–Kier alpha value is -1.22. The van der Waals surface area contributed by atoms with Crippen LogP contribution in [0.3, 0.4) is 0 Å². The molecule has 3 heteroatoms. The molecule has 3 fully saturated rings. The number of carbonyl (C=O) groups excluding carboxylic acids is 1. The standard InChI is InChI=1S/C34H50O2S/c1-4-5-6-7-8-10-13-25-17-19-30-29-18-16-26-24-28(37-32(35)36-27-14-11-9-12-15-27)20-22-34(26,3)31(29)21-23-33(25,30)2/h9,11-12,14-16,25,28-31H,4-8,10,13,17-24H2,1-3H3/t25-,28+,29-,30-,31+,33-,34+/m1/s1. The lowest BCUT2D eigenvalue weighted by Crippen LogP contribution is -2.50. The summed E-state index contributed by atoms with van der Waals surface area (Å²) in [4.78, 5) is 12.6. The molecule has 5 rings (SSSR count). The van der Waals surface area contributed by atoms with Crippen molar-refractivity contribution in [2.45, 2.75) is 122 Å². The van der Waals surface area contributed by atoms with E-state index < -0.39 is 0 Å². The van der Waals surface area contributed by atoms with Gasteiger partial charge in [-0.3, -0.25) is 0 Å². The predicted octanol–water partition coefficient (Wildman–Crippen LogP) is 10.6. The summed E-state index contributed by atoms with van der Waals surface area (Å²) in [7, 11) is 0. The average Bonchev–Trinajstić information content (AvgIpc) is 3.23. The van der Waals surface area contributed by atoms with Crippen molar-refractivity contribution in [1.82, 2.24) is 0 Å². The molecular formula is C34H50O2S. The maximum absolute atomic E-state index is 12.6. The largest absolute Gasteiger partial charge is 0.418 e. The topological polar surface area (TPSA) is 26.3 Å². The molecule has 0 unspecified atom stereocenters. The first-order chi connectivity index (χ1) is 17.9. The highest BCUT2D eigenvalue weighted by molar-refractivity contribution is 8.13. The molecule has 204 valence electrons. The number of benzene rings is 1. The molecule has 1 aromatic carbocycles. The van der Waals surface area contributed by atoms with Gasteiger partial charge in [-0.2, -0.15) is 0 Å². The molecule has 0 aromatic heterocycles. The summed E-state index contributed by atoms with van der Waals surface area (Å²) in [6, 6.07) is 9.50. The van der Waals surface area contributed by atoms with Crippen LogP contribution in [0.15, 0.2) is 42.0 Å². The van der Waals surface area contributed by atoms with Gasteiger partial charge in [0.2, 0.25) is 0 Å². The van der Waals surface area contributed by atoms with Crippen LogP contribution in [-0.2, 0) is 0 Å². The Morgan fingerprint density at radius 1 is 0.946 bits per heavy atom. The fourth-order valence-corrected chi connectivity index (χ4v) is 10.1. The number of carbonyl (C=O) groups is 1. The van der Waals surface area contributed by atoms with Gasteiger partial charge in [-0.25, -0.2) is 4.79 Å². The minimum Gasteiger partial charge on any atom is -0.418 e. The lowest BCUT2D eigenvalue weighted by atomic mass is 9.47. The van der Waals surface area contributed by atoms with Crippen molar-refractivity contribution in [2.24, 2.45) is 34.5 Å². The first kappa shape index (κ1) is 27.4. The van der Waals surface area contributed by atoms with Gasteiger partial charge in [-0.05, 0) is 116 Å². The molecule has 0 amide bonds. The Labute approximate surface area is 230 Å². The van der Waals surface area contributed by atoms with E-state index in [1.807, 2.05) is 30.3 Å². The van der Waals surface area contributed by atoms with Gasteiger partial charge < -0.3 is 4.74 Å². The van der Waals surface area contributed by atoms with Gasteiger partial charge in [0.05, 0.1) is 0 Å². The lowest BCUT2D eigenvalue weighted by Gasteiger charge is -2.58. The van der Waals surface area contributed by atoms with Crippen LogP contribution in [0.25, 0.3) is 0 Å². The molecule has 37 heavy (non-hydrogen) atoms. The summed E-state index contributed by atoms with van der Waals surface area (Å²) in [6.45, 7) is 7.59. The van der Waals surface area contributed by atoms with E-state index in [0.29, 0.717) is 21.8 Å². The van der Waals surface area contributed by atoms with Crippen LogP contribution in [0.1, 0.15) is 117 Å². The van der Waals surface area contributed by atoms with Gasteiger partial charge in [0.15, 0.2) is 0 Å². The number of rotatable bonds is 9. The van der Waals surface area contributed by atoms with Gasteiger partial charge >= 0.3 is 5.30 Å². The van der Waals surface area contributed by atoms with E-state index in [9.17, 15) is 4.79 Å². The van der Waals surface area contributed by atoms with Crippen LogP contribution < -0.4 is 4.74 Å². The molecule has 0 heterocycles. The summed E-state index contributed by atoms with van der Waals surface area (Å²) < 4.78 is 5.59. The van der Waals surface area contributed by atoms with Crippen molar-refractivity contribution < 1.29 is 9.53 Å². The number of fused-ring (bicyclic) bond motifs is 5. The molecule has 0 radical (unpaired) electrons. The summed E-state index contributed by atoms with van der Waals surface area (Å²) in [6.07, 6.45) is 23.2. The second-order valence-electron chi connectivity index (χ2n) is 13.3. The second-order valence-corrected chi connectivity index (χ2v) is 14.5. The van der Waals surface area contributed by atoms with Crippen molar-refractivity contribution in [1.29, 1.82) is 0 Å². The molecule has 2 nitrogen and oxygen atoms in total. The van der Waals surface area contributed by atoms with Crippen molar-refractivity contribution in [3.8, 4) is 5.75 Å². The maximum Gasteiger partial charge on any atom is 0.372 e. The fourth-order valence-electron chi connectivity index (χ4n) is 9.23. The first-order valence-electron chi connectivity index (χ1n) is 15.6. The minimum absolute atomic E-state index is 0.148. The highest BCUT2D eigenvalue weighted by Crippen LogP contribution is 2.67. The molecule has 7 atom stereocenters. The van der Waals surface area contributed by atoms with E-state index in [1.165, 1.54) is 95.2 Å². The Morgan fingerprint density at radius 2 is 1.73 bits per heavy atom. The van der Waals surface area contributed by atoms with Crippen LogP contribution in [0.5, 0.6) is 5.75 Å². The van der Waals surface area contributed by atoms with E-state index in [2.05, 4.69) is 26.8 Å². The zero-order valence-electron chi connectivity index (χ0n) is 23.7. The predicted molar refractivity (Wildman–Crippen MR) is 157 cm³/mol. The third kappa shape index (κ3) is 5.73. The van der Waals surface area contributed by atoms with E-state index in [-0.39, 0.29) is 5.30 Å². The van der Waals surface area contributed by atoms with Crippen LogP contribution in [-0.4, -0.2) is 10.6 Å². The number of allylic oxidation sites excluding steroid dienone is 2. The summed E-state index contributed by atoms with van der Waals surface area (Å²) in [5, 5.41) is 0.207. The van der Waals surface area contributed by atoms with Gasteiger partial charge in [-0.15, -0.1) is 0 Å². The first-order valence-corrected chi connectivity index (χ1v) is 16.4. The second kappa shape index (κ2) is 11.9. The molecule has 0 bridgehead atoms. The molecule has 0 spiro atoms. The third-order valence-corrected chi connectivity index (χ3v) is 12.4. The smallest absolute Gasteiger partial charge is 0.372 e. The number of para-hydroxylation sites is 1. The Kier molecular flexibility index (Phi) is 8.79. The van der Waals surface area contributed by atoms with Crippen molar-refractivity contribution in [2.75, 3.05) is 0 Å². The molecule has 0 N–H and O–H groups in total. The quantitative estimate of drug-likeness (QED) is 0.183. The van der Waals surface area contributed by atoms with E-state index in [0.717, 1.165) is 36.5 Å². The normalized spacial score (nSPS) is 36.7. The molecule has 4 aliphatic rings. The number of thioether (sulfide) groups is 1. The van der Waals surface area contributed by atoms with E-state index in [1.54, 1.807) is 5.57 Å². The average molecular weight is 523 g/mol. The Morgan fingerprint density at radius 3 is 2.54 bits per heavy atom. The summed E-state index contributed by atoms with van der Waals surface area (Å²) >= 11 is 1.43. The highest BCUT2D eigenvalue weighted by atomic mass is 32.2. The highest BCUT2D eigenvalue weighted by Gasteiger charge is 2.58. The Balaban J connectivity index is 1.18. The van der Waals surface area contributed by atoms with Crippen molar-refractivity contribution in [3.63, 3.8) is 0 Å². The zero-order chi connectivity index (χ0) is 25.9. The maximum atomic E-state index is 12.6. The minimum atomic E-state index is -0.148. The molecular weight excluding hydrogens is 472 g/mol. The SMILES string of the molecule is CCCCCCCC[C@@H]1CC[C@@H]2[C@H]3CC=C4C[C@@H](SC(=O)Oc5ccccc5)CC[C@]4(C)[C@H]3CC[C@]12C. The van der Waals surface area contributed by atoms with Gasteiger partial charge in [0, 0.05) is 5.25 Å². The zero-order valence-corrected chi connectivity index (χ0v) is 24.5. The third-order valence-electron chi connectivity index (χ3n) is 11.4. The van der Waals surface area contributed by atoms with Gasteiger partial charge in [-0.1, -0.05) is 89.1 Å². The number of unbranched alkanes of at least 4 members (excludes halogenated alkanes) is 5. The van der Waals surface area contributed by atoms with Crippen LogP contribution >= 0.6 is 11.8 Å². The molecule has 3 saturated carbocycles. The van der Waals surface area contributed by atoms with Gasteiger partial charge in [0.1, 0.15) is 5.75 Å². The lowest BCUT2D eigenvalue weighted by molar-refractivity contribution is -0.0421. The molecule has 0 aliphatic heterocycles. The van der Waals surface area contributed by atoms with E-state index in [4.69, 9.17) is 4.74 Å². The van der Waals surface area contributed by atoms with Crippen molar-refractivity contribution in [3.05, 3.63) is 42.0 Å². The monoisotopic (exact) mass is 522 g/mol. The fraction of sp³-hybridized carbons (Fsp3) is 0.735. The van der Waals surface area contributed by atoms with Crippen LogP contribution in [0.4, 0.5) is 4.79 Å². The molecule has 1 aromatic rings. The Bertz CT molecular complexity index is 940. The number of ether oxygens (including phenoxy) is 1. The summed E-state index contributed by atoms with van der Waals surface area (Å²) in [5.41, 5.74) is 2.60. The van der Waals surface area contributed by atoms with Gasteiger partial charge in [0.25, 0.3) is 0 Å². The van der Waals surface area contributed by atoms with E-state index >= 15 is 0 Å². The molecule has 0 saturated heterocycles. The summed E-state index contributed by atoms with van der Waals surface area (Å²) in [5.74, 6) is 4.27. The number of hydrogen-bond donors (Lipinski definition) is 0. The number of hydrogen-bond acceptors (Lipinski definition) is 3. The molecule has 4 aliphatic carbocycles. The van der Waals surface area contributed by atoms with Crippen LogP contribution in [0, 0.1) is 34.5 Å². The van der Waals surface area contributed by atoms with Crippen LogP contribution in [0.2, 0.25) is 0 Å². The van der Waals surface area contributed by atoms with Crippen molar-refractivity contribution >= 4 is 17.1 Å².